The summed E-state index contributed by atoms with van der Waals surface area (Å²) in [5.41, 5.74) is -0.163. The van der Waals surface area contributed by atoms with Gasteiger partial charge in [-0.05, 0) is 38.2 Å². The first-order valence-electron chi connectivity index (χ1n) is 9.84. The van der Waals surface area contributed by atoms with Crippen molar-refractivity contribution in [1.82, 2.24) is 9.78 Å². The van der Waals surface area contributed by atoms with Crippen LogP contribution in [0.5, 0.6) is 0 Å². The van der Waals surface area contributed by atoms with Gasteiger partial charge in [0.15, 0.2) is 5.69 Å². The Morgan fingerprint density at radius 1 is 1.09 bits per heavy atom. The third-order valence-electron chi connectivity index (χ3n) is 5.23. The molecular formula is C20H22F3N3O5S. The molecule has 2 aromatic heterocycles. The zero-order chi connectivity index (χ0) is 23.6. The van der Waals surface area contributed by atoms with Crippen LogP contribution < -0.4 is 5.32 Å². The normalized spacial score (nSPS) is 13.8. The molecule has 2 heterocycles. The number of thiophene rings is 1. The number of aromatic nitrogens is 2. The first-order chi connectivity index (χ1) is 15.1. The molecule has 0 unspecified atom stereocenters. The molecule has 1 N–H and O–H groups in total. The molecule has 0 saturated heterocycles. The van der Waals surface area contributed by atoms with Crippen molar-refractivity contribution in [2.75, 3.05) is 19.5 Å². The van der Waals surface area contributed by atoms with Crippen molar-refractivity contribution in [2.45, 2.75) is 51.7 Å². The van der Waals surface area contributed by atoms with Gasteiger partial charge < -0.3 is 14.8 Å². The number of amides is 1. The van der Waals surface area contributed by atoms with Crippen molar-refractivity contribution < 1.29 is 37.0 Å². The second kappa shape index (κ2) is 9.31. The monoisotopic (exact) mass is 473 g/mol. The molecule has 8 nitrogen and oxygen atoms in total. The Kier molecular flexibility index (Phi) is 6.91. The molecule has 0 bridgehead atoms. The number of rotatable bonds is 5. The lowest BCUT2D eigenvalue weighted by atomic mass is 10.1. The molecular weight excluding hydrogens is 451 g/mol. The van der Waals surface area contributed by atoms with Gasteiger partial charge in [-0.3, -0.25) is 9.48 Å². The standard InChI is InChI=1S/C20H22F3N3O5S/c1-10-14(18(28)30-2)17(32-15(10)19(29)31-3)24-13(27)9-26-12-8-6-4-5-7-11(12)16(25-26)20(21,22)23/h4-9H2,1-3H3,(H,24,27). The number of hydrogen-bond acceptors (Lipinski definition) is 7. The predicted octanol–water partition coefficient (Wildman–Crippen LogP) is 3.75. The van der Waals surface area contributed by atoms with Crippen molar-refractivity contribution in [2.24, 2.45) is 0 Å². The number of methoxy groups -OCH3 is 2. The van der Waals surface area contributed by atoms with E-state index in [-0.39, 0.29) is 33.0 Å². The number of halogens is 3. The summed E-state index contributed by atoms with van der Waals surface area (Å²) in [6.45, 7) is 1.04. The van der Waals surface area contributed by atoms with Crippen LogP contribution in [0.3, 0.4) is 0 Å². The zero-order valence-corrected chi connectivity index (χ0v) is 18.5. The summed E-state index contributed by atoms with van der Waals surface area (Å²) in [6.07, 6.45) is -1.84. The Morgan fingerprint density at radius 3 is 2.38 bits per heavy atom. The minimum Gasteiger partial charge on any atom is -0.465 e. The summed E-state index contributed by atoms with van der Waals surface area (Å²) in [7, 11) is 2.33. The molecule has 3 rings (SSSR count). The van der Waals surface area contributed by atoms with E-state index >= 15 is 0 Å². The number of anilines is 1. The Morgan fingerprint density at radius 2 is 1.75 bits per heavy atom. The molecule has 1 amide bonds. The average molecular weight is 473 g/mol. The number of hydrogen-bond donors (Lipinski definition) is 1. The van der Waals surface area contributed by atoms with Crippen LogP contribution in [-0.2, 0) is 39.8 Å². The lowest BCUT2D eigenvalue weighted by Crippen LogP contribution is -2.22. The van der Waals surface area contributed by atoms with Gasteiger partial charge in [0.25, 0.3) is 0 Å². The van der Waals surface area contributed by atoms with Gasteiger partial charge in [-0.15, -0.1) is 11.3 Å². The Bertz CT molecular complexity index is 1060. The zero-order valence-electron chi connectivity index (χ0n) is 17.7. The van der Waals surface area contributed by atoms with Crippen LogP contribution in [0.25, 0.3) is 0 Å². The van der Waals surface area contributed by atoms with Crippen LogP contribution in [0.2, 0.25) is 0 Å². The van der Waals surface area contributed by atoms with Crippen molar-refractivity contribution in [1.29, 1.82) is 0 Å². The maximum Gasteiger partial charge on any atom is 0.435 e. The minimum absolute atomic E-state index is 0.0125. The molecule has 2 aromatic rings. The van der Waals surface area contributed by atoms with Crippen LogP contribution >= 0.6 is 11.3 Å². The van der Waals surface area contributed by atoms with Gasteiger partial charge in [-0.25, -0.2) is 9.59 Å². The fourth-order valence-electron chi connectivity index (χ4n) is 3.75. The highest BCUT2D eigenvalue weighted by Crippen LogP contribution is 2.36. The van der Waals surface area contributed by atoms with E-state index in [1.54, 1.807) is 0 Å². The summed E-state index contributed by atoms with van der Waals surface area (Å²) in [5, 5.41) is 6.26. The maximum absolute atomic E-state index is 13.5. The lowest BCUT2D eigenvalue weighted by molar-refractivity contribution is -0.142. The fourth-order valence-corrected chi connectivity index (χ4v) is 4.87. The Balaban J connectivity index is 1.92. The van der Waals surface area contributed by atoms with Gasteiger partial charge in [0.05, 0.1) is 19.8 Å². The summed E-state index contributed by atoms with van der Waals surface area (Å²) < 4.78 is 50.9. The van der Waals surface area contributed by atoms with Crippen LogP contribution in [0.1, 0.15) is 61.8 Å². The van der Waals surface area contributed by atoms with Gasteiger partial charge in [0.1, 0.15) is 16.4 Å². The summed E-state index contributed by atoms with van der Waals surface area (Å²) in [5.74, 6) is -2.14. The molecule has 32 heavy (non-hydrogen) atoms. The van der Waals surface area contributed by atoms with E-state index in [2.05, 4.69) is 10.4 Å². The lowest BCUT2D eigenvalue weighted by Gasteiger charge is -2.09. The van der Waals surface area contributed by atoms with Gasteiger partial charge in [-0.1, -0.05) is 6.42 Å². The minimum atomic E-state index is -4.62. The first-order valence-corrected chi connectivity index (χ1v) is 10.7. The van der Waals surface area contributed by atoms with E-state index in [1.165, 1.54) is 14.0 Å². The smallest absolute Gasteiger partial charge is 0.435 e. The third-order valence-corrected chi connectivity index (χ3v) is 6.42. The van der Waals surface area contributed by atoms with Crippen LogP contribution in [0.4, 0.5) is 18.2 Å². The van der Waals surface area contributed by atoms with E-state index in [0.29, 0.717) is 25.0 Å². The number of fused-ring (bicyclic) bond motifs is 1. The largest absolute Gasteiger partial charge is 0.465 e. The third kappa shape index (κ3) is 4.64. The van der Waals surface area contributed by atoms with Crippen LogP contribution in [-0.4, -0.2) is 41.8 Å². The molecule has 1 aliphatic carbocycles. The highest BCUT2D eigenvalue weighted by Gasteiger charge is 2.39. The molecule has 12 heteroatoms. The highest BCUT2D eigenvalue weighted by molar-refractivity contribution is 7.18. The highest BCUT2D eigenvalue weighted by atomic mass is 32.1. The Labute approximate surface area is 185 Å². The number of nitrogens with one attached hydrogen (secondary N) is 1. The van der Waals surface area contributed by atoms with E-state index in [4.69, 9.17) is 9.47 Å². The average Bonchev–Trinajstić information content (AvgIpc) is 3.12. The Hall–Kier alpha value is -2.89. The number of esters is 2. The molecule has 0 aliphatic heterocycles. The molecule has 0 fully saturated rings. The number of carbonyl (C=O) groups excluding carboxylic acids is 3. The van der Waals surface area contributed by atoms with Crippen LogP contribution in [0.15, 0.2) is 0 Å². The van der Waals surface area contributed by atoms with E-state index in [0.717, 1.165) is 29.5 Å². The van der Waals surface area contributed by atoms with Gasteiger partial charge in [0.2, 0.25) is 5.91 Å². The number of carbonyl (C=O) groups is 3. The number of alkyl halides is 3. The summed E-state index contributed by atoms with van der Waals surface area (Å²) in [6, 6.07) is 0. The van der Waals surface area contributed by atoms with Gasteiger partial charge >= 0.3 is 18.1 Å². The van der Waals surface area contributed by atoms with E-state index < -0.39 is 36.3 Å². The SMILES string of the molecule is COC(=O)c1sc(NC(=O)Cn2nc(C(F)(F)F)c3c2CCCCC3)c(C(=O)OC)c1C. The second-order valence-corrected chi connectivity index (χ2v) is 8.30. The maximum atomic E-state index is 13.5. The predicted molar refractivity (Wildman–Crippen MR) is 109 cm³/mol. The topological polar surface area (TPSA) is 99.5 Å². The van der Waals surface area contributed by atoms with Crippen molar-refractivity contribution in [3.05, 3.63) is 33.0 Å². The van der Waals surface area contributed by atoms with E-state index in [1.807, 2.05) is 0 Å². The van der Waals surface area contributed by atoms with Crippen molar-refractivity contribution in [3.63, 3.8) is 0 Å². The molecule has 0 spiro atoms. The van der Waals surface area contributed by atoms with Crippen molar-refractivity contribution >= 4 is 34.2 Å². The fraction of sp³-hybridized carbons (Fsp3) is 0.500. The summed E-state index contributed by atoms with van der Waals surface area (Å²) >= 11 is 0.826. The molecule has 0 radical (unpaired) electrons. The van der Waals surface area contributed by atoms with Crippen LogP contribution in [0, 0.1) is 6.92 Å². The number of ether oxygens (including phenoxy) is 2. The van der Waals surface area contributed by atoms with Crippen molar-refractivity contribution in [3.8, 4) is 0 Å². The number of nitrogens with zero attached hydrogens (tertiary/aromatic N) is 2. The molecule has 174 valence electrons. The summed E-state index contributed by atoms with van der Waals surface area (Å²) in [4.78, 5) is 37.0. The van der Waals surface area contributed by atoms with E-state index in [9.17, 15) is 27.6 Å². The quantitative estimate of drug-likeness (QED) is 0.525. The molecule has 1 aliphatic rings. The molecule has 0 atom stereocenters. The van der Waals surface area contributed by atoms with Gasteiger partial charge in [0, 0.05) is 11.3 Å². The first kappa shape index (κ1) is 23.8. The van der Waals surface area contributed by atoms with Gasteiger partial charge in [-0.2, -0.15) is 18.3 Å². The molecule has 0 aromatic carbocycles. The second-order valence-electron chi connectivity index (χ2n) is 7.28. The molecule has 0 saturated carbocycles.